The number of aliphatic hydroxyl groups excluding tert-OH is 1. The third-order valence-corrected chi connectivity index (χ3v) is 5.23. The van der Waals surface area contributed by atoms with Gasteiger partial charge in [0.2, 0.25) is 5.91 Å². The van der Waals surface area contributed by atoms with E-state index in [1.807, 2.05) is 23.1 Å². The Hall–Kier alpha value is -1.72. The van der Waals surface area contributed by atoms with Crippen LogP contribution in [0.4, 0.5) is 0 Å². The molecule has 0 aliphatic carbocycles. The van der Waals surface area contributed by atoms with Gasteiger partial charge in [0.15, 0.2) is 0 Å². The highest BCUT2D eigenvalue weighted by atomic mass is 16.3. The zero-order chi connectivity index (χ0) is 16.8. The highest BCUT2D eigenvalue weighted by molar-refractivity contribution is 5.91. The van der Waals surface area contributed by atoms with E-state index in [0.717, 1.165) is 51.0 Å². The largest absolute Gasteiger partial charge is 0.396 e. The van der Waals surface area contributed by atoms with E-state index in [2.05, 4.69) is 9.88 Å². The molecule has 1 unspecified atom stereocenters. The number of likely N-dealkylation sites (tertiary alicyclic amines) is 2. The smallest absolute Gasteiger partial charge is 0.246 e. The van der Waals surface area contributed by atoms with E-state index in [1.54, 1.807) is 18.5 Å². The van der Waals surface area contributed by atoms with E-state index in [9.17, 15) is 9.90 Å². The van der Waals surface area contributed by atoms with Crippen LogP contribution in [0.5, 0.6) is 0 Å². The van der Waals surface area contributed by atoms with Crippen LogP contribution in [0.15, 0.2) is 30.6 Å². The minimum Gasteiger partial charge on any atom is -0.396 e. The first-order valence-electron chi connectivity index (χ1n) is 8.98. The van der Waals surface area contributed by atoms with E-state index in [0.29, 0.717) is 18.6 Å². The standard InChI is InChI=1S/C19H27N3O2/c23-15-17-7-11-21(12-8-17)18-4-2-10-22(14-18)19(24)6-5-16-3-1-9-20-13-16/h1,3,5-6,9,13,17-18,23H,2,4,7-8,10-12,14-15H2. The maximum Gasteiger partial charge on any atom is 0.246 e. The molecule has 1 aromatic heterocycles. The summed E-state index contributed by atoms with van der Waals surface area (Å²) in [6.07, 6.45) is 11.4. The maximum atomic E-state index is 12.5. The zero-order valence-corrected chi connectivity index (χ0v) is 14.2. The van der Waals surface area contributed by atoms with E-state index in [1.165, 1.54) is 6.42 Å². The summed E-state index contributed by atoms with van der Waals surface area (Å²) < 4.78 is 0. The van der Waals surface area contributed by atoms with Crippen molar-refractivity contribution < 1.29 is 9.90 Å². The Labute approximate surface area is 144 Å². The number of rotatable bonds is 4. The van der Waals surface area contributed by atoms with Crippen LogP contribution in [0.25, 0.3) is 6.08 Å². The number of piperidine rings is 2. The highest BCUT2D eigenvalue weighted by Crippen LogP contribution is 2.23. The van der Waals surface area contributed by atoms with Gasteiger partial charge in [-0.25, -0.2) is 0 Å². The van der Waals surface area contributed by atoms with E-state index in [4.69, 9.17) is 0 Å². The predicted molar refractivity (Wildman–Crippen MR) is 94.3 cm³/mol. The van der Waals surface area contributed by atoms with E-state index in [-0.39, 0.29) is 5.91 Å². The lowest BCUT2D eigenvalue weighted by molar-refractivity contribution is -0.128. The summed E-state index contributed by atoms with van der Waals surface area (Å²) in [6, 6.07) is 4.28. The SMILES string of the molecule is O=C(C=Cc1cccnc1)N1CCCC(N2CCC(CO)CC2)C1. The molecular formula is C19H27N3O2. The van der Waals surface area contributed by atoms with Crippen molar-refractivity contribution in [3.8, 4) is 0 Å². The molecule has 1 N–H and O–H groups in total. The Kier molecular flexibility index (Phi) is 5.99. The number of carbonyl (C=O) groups excluding carboxylic acids is 1. The number of aromatic nitrogens is 1. The summed E-state index contributed by atoms with van der Waals surface area (Å²) in [6.45, 7) is 4.06. The monoisotopic (exact) mass is 329 g/mol. The molecular weight excluding hydrogens is 302 g/mol. The van der Waals surface area contributed by atoms with Crippen molar-refractivity contribution in [2.45, 2.75) is 31.7 Å². The van der Waals surface area contributed by atoms with Crippen LogP contribution in [0.3, 0.4) is 0 Å². The van der Waals surface area contributed by atoms with E-state index < -0.39 is 0 Å². The molecule has 0 saturated carbocycles. The molecule has 2 fully saturated rings. The fourth-order valence-corrected chi connectivity index (χ4v) is 3.70. The average Bonchev–Trinajstić information content (AvgIpc) is 2.67. The molecule has 0 radical (unpaired) electrons. The van der Waals surface area contributed by atoms with Crippen LogP contribution in [-0.4, -0.2) is 64.6 Å². The van der Waals surface area contributed by atoms with Gasteiger partial charge in [-0.05, 0) is 62.4 Å². The first-order valence-corrected chi connectivity index (χ1v) is 8.98. The third-order valence-electron chi connectivity index (χ3n) is 5.23. The van der Waals surface area contributed by atoms with Crippen LogP contribution < -0.4 is 0 Å². The number of aliphatic hydroxyl groups is 1. The number of pyridine rings is 1. The molecule has 130 valence electrons. The van der Waals surface area contributed by atoms with Crippen LogP contribution in [0.2, 0.25) is 0 Å². The number of hydrogen-bond acceptors (Lipinski definition) is 4. The molecule has 0 bridgehead atoms. The van der Waals surface area contributed by atoms with Gasteiger partial charge < -0.3 is 10.0 Å². The fraction of sp³-hybridized carbons (Fsp3) is 0.579. The van der Waals surface area contributed by atoms with Gasteiger partial charge in [-0.2, -0.15) is 0 Å². The number of nitrogens with zero attached hydrogens (tertiary/aromatic N) is 3. The van der Waals surface area contributed by atoms with Crippen molar-refractivity contribution in [1.82, 2.24) is 14.8 Å². The van der Waals surface area contributed by atoms with Crippen LogP contribution >= 0.6 is 0 Å². The molecule has 0 spiro atoms. The van der Waals surface area contributed by atoms with Crippen molar-refractivity contribution in [2.75, 3.05) is 32.8 Å². The summed E-state index contributed by atoms with van der Waals surface area (Å²) >= 11 is 0. The lowest BCUT2D eigenvalue weighted by Crippen LogP contribution is -2.51. The average molecular weight is 329 g/mol. The van der Waals surface area contributed by atoms with Gasteiger partial charge in [0.25, 0.3) is 0 Å². The van der Waals surface area contributed by atoms with Crippen molar-refractivity contribution in [2.24, 2.45) is 5.92 Å². The minimum absolute atomic E-state index is 0.0915. The Morgan fingerprint density at radius 2 is 2.12 bits per heavy atom. The first-order chi connectivity index (χ1) is 11.8. The predicted octanol–water partition coefficient (Wildman–Crippen LogP) is 1.79. The Morgan fingerprint density at radius 3 is 2.83 bits per heavy atom. The van der Waals surface area contributed by atoms with Crippen LogP contribution in [0, 0.1) is 5.92 Å². The molecule has 3 rings (SSSR count). The molecule has 1 aromatic rings. The van der Waals surface area contributed by atoms with Crippen molar-refractivity contribution in [1.29, 1.82) is 0 Å². The minimum atomic E-state index is 0.0915. The lowest BCUT2D eigenvalue weighted by Gasteiger charge is -2.42. The topological polar surface area (TPSA) is 56.7 Å². The number of amides is 1. The normalized spacial score (nSPS) is 23.7. The fourth-order valence-electron chi connectivity index (χ4n) is 3.70. The molecule has 1 amide bonds. The van der Waals surface area contributed by atoms with Gasteiger partial charge in [0, 0.05) is 44.2 Å². The van der Waals surface area contributed by atoms with Gasteiger partial charge in [-0.3, -0.25) is 14.7 Å². The Bertz CT molecular complexity index is 553. The second kappa shape index (κ2) is 8.40. The summed E-state index contributed by atoms with van der Waals surface area (Å²) in [5.41, 5.74) is 0.950. The molecule has 5 heteroatoms. The zero-order valence-electron chi connectivity index (χ0n) is 14.2. The molecule has 0 aromatic carbocycles. The molecule has 5 nitrogen and oxygen atoms in total. The molecule has 24 heavy (non-hydrogen) atoms. The van der Waals surface area contributed by atoms with Crippen LogP contribution in [0.1, 0.15) is 31.2 Å². The second-order valence-corrected chi connectivity index (χ2v) is 6.86. The van der Waals surface area contributed by atoms with E-state index >= 15 is 0 Å². The van der Waals surface area contributed by atoms with Gasteiger partial charge >= 0.3 is 0 Å². The van der Waals surface area contributed by atoms with Gasteiger partial charge in [-0.15, -0.1) is 0 Å². The summed E-state index contributed by atoms with van der Waals surface area (Å²) in [4.78, 5) is 21.0. The van der Waals surface area contributed by atoms with Crippen molar-refractivity contribution >= 4 is 12.0 Å². The Balaban J connectivity index is 1.53. The molecule has 1 atom stereocenters. The maximum absolute atomic E-state index is 12.5. The number of carbonyl (C=O) groups is 1. The molecule has 2 aliphatic heterocycles. The van der Waals surface area contributed by atoms with Gasteiger partial charge in [0.1, 0.15) is 0 Å². The summed E-state index contributed by atoms with van der Waals surface area (Å²) in [5.74, 6) is 0.554. The molecule has 3 heterocycles. The van der Waals surface area contributed by atoms with Gasteiger partial charge in [-0.1, -0.05) is 6.07 Å². The van der Waals surface area contributed by atoms with Crippen molar-refractivity contribution in [3.05, 3.63) is 36.2 Å². The molecule has 2 aliphatic rings. The quantitative estimate of drug-likeness (QED) is 0.856. The van der Waals surface area contributed by atoms with Crippen LogP contribution in [-0.2, 0) is 4.79 Å². The third kappa shape index (κ3) is 4.42. The summed E-state index contributed by atoms with van der Waals surface area (Å²) in [5, 5.41) is 9.27. The molecule has 2 saturated heterocycles. The number of hydrogen-bond donors (Lipinski definition) is 1. The first kappa shape index (κ1) is 17.1. The van der Waals surface area contributed by atoms with Crippen molar-refractivity contribution in [3.63, 3.8) is 0 Å². The summed E-state index contributed by atoms with van der Waals surface area (Å²) in [7, 11) is 0. The Morgan fingerprint density at radius 1 is 1.29 bits per heavy atom. The highest BCUT2D eigenvalue weighted by Gasteiger charge is 2.29. The lowest BCUT2D eigenvalue weighted by atomic mass is 9.94. The second-order valence-electron chi connectivity index (χ2n) is 6.86. The van der Waals surface area contributed by atoms with Gasteiger partial charge in [0.05, 0.1) is 0 Å².